The van der Waals surface area contributed by atoms with E-state index in [-0.39, 0.29) is 12.0 Å². The van der Waals surface area contributed by atoms with Crippen molar-refractivity contribution >= 4 is 23.2 Å². The van der Waals surface area contributed by atoms with Gasteiger partial charge >= 0.3 is 0 Å². The molecule has 1 aromatic heterocycles. The van der Waals surface area contributed by atoms with Crippen molar-refractivity contribution in [3.8, 4) is 5.75 Å². The zero-order chi connectivity index (χ0) is 15.9. The van der Waals surface area contributed by atoms with Crippen LogP contribution in [0, 0.1) is 0 Å². The lowest BCUT2D eigenvalue weighted by Gasteiger charge is -2.14. The van der Waals surface area contributed by atoms with Crippen LogP contribution in [-0.2, 0) is 4.79 Å². The molecule has 1 heterocycles. The van der Waals surface area contributed by atoms with Crippen molar-refractivity contribution in [3.05, 3.63) is 36.4 Å². The number of aromatic nitrogens is 2. The Bertz CT molecular complexity index is 626. The van der Waals surface area contributed by atoms with E-state index in [2.05, 4.69) is 20.8 Å². The number of rotatable bonds is 6. The number of benzene rings is 1. The molecule has 22 heavy (non-hydrogen) atoms. The Morgan fingerprint density at radius 3 is 2.45 bits per heavy atom. The number of carbonyl (C=O) groups is 1. The zero-order valence-corrected chi connectivity index (χ0v) is 13.0. The highest BCUT2D eigenvalue weighted by atomic mass is 16.5. The summed E-state index contributed by atoms with van der Waals surface area (Å²) in [5, 5.41) is 13.8. The standard InChI is InChI=1S/C16H20N4O2/c1-4-16(21)18-15-10-9-14(19-20-15)17-12-7-5-6-8-13(12)22-11(2)3/h5-11H,4H2,1-3H3,(H,17,19)(H,18,20,21). The normalized spacial score (nSPS) is 10.4. The van der Waals surface area contributed by atoms with E-state index in [1.54, 1.807) is 19.1 Å². The fourth-order valence-corrected chi connectivity index (χ4v) is 1.76. The lowest BCUT2D eigenvalue weighted by atomic mass is 10.3. The van der Waals surface area contributed by atoms with Gasteiger partial charge in [-0.25, -0.2) is 0 Å². The summed E-state index contributed by atoms with van der Waals surface area (Å²) in [6.07, 6.45) is 0.488. The molecule has 0 atom stereocenters. The quantitative estimate of drug-likeness (QED) is 0.855. The maximum Gasteiger partial charge on any atom is 0.225 e. The van der Waals surface area contributed by atoms with E-state index in [4.69, 9.17) is 4.74 Å². The highest BCUT2D eigenvalue weighted by molar-refractivity contribution is 5.89. The first-order valence-electron chi connectivity index (χ1n) is 7.24. The number of ether oxygens (including phenoxy) is 1. The molecule has 0 aliphatic rings. The molecule has 0 unspecified atom stereocenters. The molecule has 0 saturated carbocycles. The van der Waals surface area contributed by atoms with Crippen LogP contribution in [0.5, 0.6) is 5.75 Å². The summed E-state index contributed by atoms with van der Waals surface area (Å²) in [6, 6.07) is 11.1. The van der Waals surface area contributed by atoms with Crippen molar-refractivity contribution in [1.82, 2.24) is 10.2 Å². The summed E-state index contributed by atoms with van der Waals surface area (Å²) in [5.41, 5.74) is 0.816. The Balaban J connectivity index is 2.09. The largest absolute Gasteiger partial charge is 0.489 e. The predicted octanol–water partition coefficient (Wildman–Crippen LogP) is 3.36. The van der Waals surface area contributed by atoms with Gasteiger partial charge in [0.15, 0.2) is 11.6 Å². The zero-order valence-electron chi connectivity index (χ0n) is 13.0. The minimum atomic E-state index is -0.0920. The van der Waals surface area contributed by atoms with Gasteiger partial charge in [0, 0.05) is 6.42 Å². The molecule has 6 nitrogen and oxygen atoms in total. The van der Waals surface area contributed by atoms with Gasteiger partial charge in [0.25, 0.3) is 0 Å². The summed E-state index contributed by atoms with van der Waals surface area (Å²) in [5.74, 6) is 1.67. The number of para-hydroxylation sites is 2. The van der Waals surface area contributed by atoms with Crippen LogP contribution < -0.4 is 15.4 Å². The fraction of sp³-hybridized carbons (Fsp3) is 0.312. The second-order valence-electron chi connectivity index (χ2n) is 4.99. The van der Waals surface area contributed by atoms with E-state index in [0.29, 0.717) is 18.1 Å². The van der Waals surface area contributed by atoms with E-state index in [1.807, 2.05) is 38.1 Å². The maximum absolute atomic E-state index is 11.3. The number of amides is 1. The van der Waals surface area contributed by atoms with Gasteiger partial charge in [-0.1, -0.05) is 19.1 Å². The smallest absolute Gasteiger partial charge is 0.225 e. The summed E-state index contributed by atoms with van der Waals surface area (Å²) in [4.78, 5) is 11.3. The number of hydrogen-bond donors (Lipinski definition) is 2. The van der Waals surface area contributed by atoms with Crippen LogP contribution in [0.15, 0.2) is 36.4 Å². The molecule has 2 N–H and O–H groups in total. The third-order valence-electron chi connectivity index (χ3n) is 2.77. The first-order valence-corrected chi connectivity index (χ1v) is 7.24. The third-order valence-corrected chi connectivity index (χ3v) is 2.77. The van der Waals surface area contributed by atoms with Crippen LogP contribution in [0.3, 0.4) is 0 Å². The number of nitrogens with one attached hydrogen (secondary N) is 2. The van der Waals surface area contributed by atoms with Crippen LogP contribution in [0.4, 0.5) is 17.3 Å². The van der Waals surface area contributed by atoms with Gasteiger partial charge in [0.05, 0.1) is 11.8 Å². The summed E-state index contributed by atoms with van der Waals surface area (Å²) in [7, 11) is 0. The summed E-state index contributed by atoms with van der Waals surface area (Å²) in [6.45, 7) is 5.73. The van der Waals surface area contributed by atoms with Crippen LogP contribution in [0.1, 0.15) is 27.2 Å². The highest BCUT2D eigenvalue weighted by Crippen LogP contribution is 2.27. The van der Waals surface area contributed by atoms with Crippen molar-refractivity contribution in [2.75, 3.05) is 10.6 Å². The van der Waals surface area contributed by atoms with Gasteiger partial charge in [0.1, 0.15) is 5.75 Å². The molecule has 1 aromatic carbocycles. The molecular formula is C16H20N4O2. The molecule has 0 radical (unpaired) electrons. The Labute approximate surface area is 129 Å². The van der Waals surface area contributed by atoms with Crippen LogP contribution in [-0.4, -0.2) is 22.2 Å². The van der Waals surface area contributed by atoms with Gasteiger partial charge < -0.3 is 15.4 Å². The van der Waals surface area contributed by atoms with Crippen LogP contribution in [0.25, 0.3) is 0 Å². The van der Waals surface area contributed by atoms with E-state index in [1.165, 1.54) is 0 Å². The Morgan fingerprint density at radius 2 is 1.82 bits per heavy atom. The van der Waals surface area contributed by atoms with Gasteiger partial charge in [0.2, 0.25) is 5.91 Å². The first-order chi connectivity index (χ1) is 10.6. The molecule has 6 heteroatoms. The van der Waals surface area contributed by atoms with Crippen molar-refractivity contribution in [2.45, 2.75) is 33.3 Å². The van der Waals surface area contributed by atoms with Crippen LogP contribution in [0.2, 0.25) is 0 Å². The number of hydrogen-bond acceptors (Lipinski definition) is 5. The molecule has 0 aliphatic heterocycles. The Hall–Kier alpha value is -2.63. The van der Waals surface area contributed by atoms with E-state index in [0.717, 1.165) is 11.4 Å². The third kappa shape index (κ3) is 4.44. The topological polar surface area (TPSA) is 76.1 Å². The average Bonchev–Trinajstić information content (AvgIpc) is 2.50. The molecule has 0 aliphatic carbocycles. The Morgan fingerprint density at radius 1 is 1.14 bits per heavy atom. The molecule has 116 valence electrons. The first kappa shape index (κ1) is 15.8. The van der Waals surface area contributed by atoms with Gasteiger partial charge in [-0.2, -0.15) is 0 Å². The molecule has 2 aromatic rings. The van der Waals surface area contributed by atoms with Gasteiger partial charge in [-0.15, -0.1) is 10.2 Å². The number of anilines is 3. The lowest BCUT2D eigenvalue weighted by Crippen LogP contribution is -2.11. The molecule has 1 amide bonds. The molecule has 0 bridgehead atoms. The number of nitrogens with zero attached hydrogens (tertiary/aromatic N) is 2. The molecular weight excluding hydrogens is 280 g/mol. The second-order valence-corrected chi connectivity index (χ2v) is 4.99. The molecule has 2 rings (SSSR count). The van der Waals surface area contributed by atoms with Crippen molar-refractivity contribution < 1.29 is 9.53 Å². The van der Waals surface area contributed by atoms with Crippen molar-refractivity contribution in [3.63, 3.8) is 0 Å². The minimum Gasteiger partial charge on any atom is -0.489 e. The SMILES string of the molecule is CCC(=O)Nc1ccc(Nc2ccccc2OC(C)C)nn1. The van der Waals surface area contributed by atoms with E-state index >= 15 is 0 Å². The van der Waals surface area contributed by atoms with Crippen LogP contribution >= 0.6 is 0 Å². The van der Waals surface area contributed by atoms with Gasteiger partial charge in [-0.05, 0) is 38.1 Å². The van der Waals surface area contributed by atoms with Crippen molar-refractivity contribution in [1.29, 1.82) is 0 Å². The second kappa shape index (κ2) is 7.40. The molecule has 0 spiro atoms. The molecule has 0 saturated heterocycles. The Kier molecular flexibility index (Phi) is 5.30. The van der Waals surface area contributed by atoms with E-state index in [9.17, 15) is 4.79 Å². The van der Waals surface area contributed by atoms with Gasteiger partial charge in [-0.3, -0.25) is 4.79 Å². The lowest BCUT2D eigenvalue weighted by molar-refractivity contribution is -0.115. The minimum absolute atomic E-state index is 0.0840. The summed E-state index contributed by atoms with van der Waals surface area (Å²) >= 11 is 0. The average molecular weight is 300 g/mol. The highest BCUT2D eigenvalue weighted by Gasteiger charge is 2.07. The predicted molar refractivity (Wildman–Crippen MR) is 86.4 cm³/mol. The fourth-order valence-electron chi connectivity index (χ4n) is 1.76. The van der Waals surface area contributed by atoms with Crippen molar-refractivity contribution in [2.24, 2.45) is 0 Å². The molecule has 0 fully saturated rings. The monoisotopic (exact) mass is 300 g/mol. The number of carbonyl (C=O) groups excluding carboxylic acids is 1. The summed E-state index contributed by atoms with van der Waals surface area (Å²) < 4.78 is 5.74. The maximum atomic E-state index is 11.3. The van der Waals surface area contributed by atoms with E-state index < -0.39 is 0 Å².